The first-order valence-electron chi connectivity index (χ1n) is 11.1. The van der Waals surface area contributed by atoms with Gasteiger partial charge >= 0.3 is 5.76 Å². The molecule has 3 aromatic rings. The van der Waals surface area contributed by atoms with Gasteiger partial charge in [-0.3, -0.25) is 9.36 Å². The SMILES string of the molecule is CCOc1ccc(S(=O)(=O)N2CCOCC2)cc1NC(=O)CCCn1c(=O)oc2ccccc21. The molecule has 1 aliphatic heterocycles. The van der Waals surface area contributed by atoms with Crippen LogP contribution in [0.5, 0.6) is 5.75 Å². The van der Waals surface area contributed by atoms with Crippen LogP contribution in [-0.4, -0.2) is 56.1 Å². The molecule has 0 unspecified atom stereocenters. The van der Waals surface area contributed by atoms with Crippen molar-refractivity contribution >= 4 is 32.7 Å². The van der Waals surface area contributed by atoms with Crippen molar-refractivity contribution in [3.63, 3.8) is 0 Å². The van der Waals surface area contributed by atoms with Gasteiger partial charge in [0, 0.05) is 26.1 Å². The fourth-order valence-electron chi connectivity index (χ4n) is 3.82. The predicted octanol–water partition coefficient (Wildman–Crippen LogP) is 2.43. The summed E-state index contributed by atoms with van der Waals surface area (Å²) >= 11 is 0. The Balaban J connectivity index is 1.46. The summed E-state index contributed by atoms with van der Waals surface area (Å²) in [5, 5.41) is 2.76. The zero-order valence-corrected chi connectivity index (χ0v) is 19.7. The monoisotopic (exact) mass is 489 g/mol. The number of aromatic nitrogens is 1. The highest BCUT2D eigenvalue weighted by Gasteiger charge is 2.27. The maximum absolute atomic E-state index is 13.0. The number of nitrogens with one attached hydrogen (secondary N) is 1. The zero-order valence-electron chi connectivity index (χ0n) is 18.9. The number of nitrogens with zero attached hydrogens (tertiary/aromatic N) is 2. The van der Waals surface area contributed by atoms with Crippen LogP contribution in [0.3, 0.4) is 0 Å². The van der Waals surface area contributed by atoms with Gasteiger partial charge in [-0.2, -0.15) is 4.31 Å². The third-order valence-electron chi connectivity index (χ3n) is 5.49. The van der Waals surface area contributed by atoms with Crippen LogP contribution in [0.1, 0.15) is 19.8 Å². The molecule has 0 aliphatic carbocycles. The molecule has 1 saturated heterocycles. The summed E-state index contributed by atoms with van der Waals surface area (Å²) in [6, 6.07) is 11.5. The summed E-state index contributed by atoms with van der Waals surface area (Å²) in [6.45, 7) is 3.71. The van der Waals surface area contributed by atoms with E-state index in [9.17, 15) is 18.0 Å². The van der Waals surface area contributed by atoms with E-state index in [1.165, 1.54) is 21.0 Å². The minimum absolute atomic E-state index is 0.0737. The van der Waals surface area contributed by atoms with Gasteiger partial charge in [0.1, 0.15) is 5.75 Å². The van der Waals surface area contributed by atoms with E-state index in [2.05, 4.69) is 5.32 Å². The maximum Gasteiger partial charge on any atom is 0.419 e. The van der Waals surface area contributed by atoms with Crippen LogP contribution >= 0.6 is 0 Å². The number of amides is 1. The highest BCUT2D eigenvalue weighted by Crippen LogP contribution is 2.30. The average molecular weight is 490 g/mol. The quantitative estimate of drug-likeness (QED) is 0.490. The fraction of sp³-hybridized carbons (Fsp3) is 0.391. The van der Waals surface area contributed by atoms with Crippen molar-refractivity contribution in [2.24, 2.45) is 0 Å². The van der Waals surface area contributed by atoms with Gasteiger partial charge in [0.25, 0.3) is 0 Å². The van der Waals surface area contributed by atoms with E-state index in [1.54, 1.807) is 31.2 Å². The number of rotatable bonds is 9. The van der Waals surface area contributed by atoms with Crippen molar-refractivity contribution in [3.05, 3.63) is 53.0 Å². The van der Waals surface area contributed by atoms with Gasteiger partial charge in [-0.15, -0.1) is 0 Å². The van der Waals surface area contributed by atoms with Gasteiger partial charge < -0.3 is 19.2 Å². The Labute approximate surface area is 197 Å². The Morgan fingerprint density at radius 2 is 1.91 bits per heavy atom. The average Bonchev–Trinajstić information content (AvgIpc) is 3.16. The van der Waals surface area contributed by atoms with E-state index in [0.29, 0.717) is 49.6 Å². The standard InChI is InChI=1S/C23H27N3O7S/c1-2-32-20-10-9-17(34(29,30)25-12-14-31-15-13-25)16-18(20)24-22(27)8-5-11-26-19-6-3-4-7-21(19)33-23(26)28/h3-4,6-7,9-10,16H,2,5,8,11-15H2,1H3,(H,24,27). The number of hydrogen-bond acceptors (Lipinski definition) is 7. The predicted molar refractivity (Wildman–Crippen MR) is 126 cm³/mol. The van der Waals surface area contributed by atoms with Crippen LogP contribution in [-0.2, 0) is 26.1 Å². The van der Waals surface area contributed by atoms with Crippen molar-refractivity contribution in [2.45, 2.75) is 31.2 Å². The molecule has 1 N–H and O–H groups in total. The molecule has 0 saturated carbocycles. The van der Waals surface area contributed by atoms with Gasteiger partial charge in [0.2, 0.25) is 15.9 Å². The lowest BCUT2D eigenvalue weighted by Crippen LogP contribution is -2.40. The normalized spacial score (nSPS) is 14.9. The van der Waals surface area contributed by atoms with E-state index in [-0.39, 0.29) is 36.0 Å². The van der Waals surface area contributed by atoms with E-state index in [4.69, 9.17) is 13.9 Å². The van der Waals surface area contributed by atoms with Crippen molar-refractivity contribution < 1.29 is 27.1 Å². The molecule has 10 nitrogen and oxygen atoms in total. The number of ether oxygens (including phenoxy) is 2. The molecule has 0 atom stereocenters. The molecule has 1 amide bonds. The minimum atomic E-state index is -3.73. The van der Waals surface area contributed by atoms with Crippen molar-refractivity contribution in [2.75, 3.05) is 38.2 Å². The van der Waals surface area contributed by atoms with Crippen molar-refractivity contribution in [1.82, 2.24) is 8.87 Å². The number of sulfonamides is 1. The van der Waals surface area contributed by atoms with Crippen LogP contribution in [0.25, 0.3) is 11.1 Å². The van der Waals surface area contributed by atoms with Crippen LogP contribution in [0, 0.1) is 0 Å². The van der Waals surface area contributed by atoms with Crippen LogP contribution in [0.15, 0.2) is 56.6 Å². The smallest absolute Gasteiger partial charge is 0.419 e. The number of hydrogen-bond donors (Lipinski definition) is 1. The van der Waals surface area contributed by atoms with E-state index < -0.39 is 15.8 Å². The number of benzene rings is 2. The first-order valence-corrected chi connectivity index (χ1v) is 12.6. The summed E-state index contributed by atoms with van der Waals surface area (Å²) in [6.07, 6.45) is 0.517. The van der Waals surface area contributed by atoms with Gasteiger partial charge in [0.15, 0.2) is 5.58 Å². The van der Waals surface area contributed by atoms with Crippen molar-refractivity contribution in [3.8, 4) is 5.75 Å². The molecule has 1 aromatic heterocycles. The molecule has 2 aromatic carbocycles. The first kappa shape index (κ1) is 24.0. The highest BCUT2D eigenvalue weighted by molar-refractivity contribution is 7.89. The summed E-state index contributed by atoms with van der Waals surface area (Å²) < 4.78 is 44.9. The second-order valence-electron chi connectivity index (χ2n) is 7.75. The lowest BCUT2D eigenvalue weighted by molar-refractivity contribution is -0.116. The number of carbonyl (C=O) groups excluding carboxylic acids is 1. The number of carbonyl (C=O) groups is 1. The molecule has 34 heavy (non-hydrogen) atoms. The first-order chi connectivity index (χ1) is 16.4. The van der Waals surface area contributed by atoms with Gasteiger partial charge in [-0.25, -0.2) is 13.2 Å². The number of para-hydroxylation sites is 2. The molecular formula is C23H27N3O7S. The lowest BCUT2D eigenvalue weighted by Gasteiger charge is -2.26. The van der Waals surface area contributed by atoms with Crippen LogP contribution in [0.4, 0.5) is 5.69 Å². The molecule has 1 aliphatic rings. The number of fused-ring (bicyclic) bond motifs is 1. The molecule has 0 spiro atoms. The molecule has 4 rings (SSSR count). The Hall–Kier alpha value is -3.15. The zero-order chi connectivity index (χ0) is 24.1. The summed E-state index contributed by atoms with van der Waals surface area (Å²) in [5.74, 6) is -0.405. The second-order valence-corrected chi connectivity index (χ2v) is 9.68. The fourth-order valence-corrected chi connectivity index (χ4v) is 5.26. The van der Waals surface area contributed by atoms with Gasteiger partial charge in [-0.05, 0) is 43.7 Å². The van der Waals surface area contributed by atoms with Crippen molar-refractivity contribution in [1.29, 1.82) is 0 Å². The molecular weight excluding hydrogens is 462 g/mol. The number of anilines is 1. The minimum Gasteiger partial charge on any atom is -0.492 e. The third-order valence-corrected chi connectivity index (χ3v) is 7.39. The summed E-state index contributed by atoms with van der Waals surface area (Å²) in [7, 11) is -3.73. The Bertz CT molecular complexity index is 1320. The Kier molecular flexibility index (Phi) is 7.35. The highest BCUT2D eigenvalue weighted by atomic mass is 32.2. The molecule has 11 heteroatoms. The van der Waals surface area contributed by atoms with Gasteiger partial charge in [0.05, 0.1) is 35.9 Å². The van der Waals surface area contributed by atoms with Gasteiger partial charge in [-0.1, -0.05) is 12.1 Å². The van der Waals surface area contributed by atoms with E-state index >= 15 is 0 Å². The third kappa shape index (κ3) is 5.16. The Morgan fingerprint density at radius 1 is 1.15 bits per heavy atom. The Morgan fingerprint density at radius 3 is 2.68 bits per heavy atom. The van der Waals surface area contributed by atoms with E-state index in [1.807, 2.05) is 6.07 Å². The summed E-state index contributed by atoms with van der Waals surface area (Å²) in [4.78, 5) is 24.8. The topological polar surface area (TPSA) is 120 Å². The summed E-state index contributed by atoms with van der Waals surface area (Å²) in [5.41, 5.74) is 1.45. The largest absolute Gasteiger partial charge is 0.492 e. The molecule has 0 radical (unpaired) electrons. The lowest BCUT2D eigenvalue weighted by atomic mass is 10.2. The second kappa shape index (κ2) is 10.4. The number of morpholine rings is 1. The molecule has 1 fully saturated rings. The number of oxazole rings is 1. The van der Waals surface area contributed by atoms with E-state index in [0.717, 1.165) is 0 Å². The molecule has 0 bridgehead atoms. The van der Waals surface area contributed by atoms with Crippen LogP contribution < -0.4 is 15.8 Å². The number of aryl methyl sites for hydroxylation is 1. The molecule has 182 valence electrons. The molecule has 2 heterocycles. The van der Waals surface area contributed by atoms with Crippen LogP contribution in [0.2, 0.25) is 0 Å². The maximum atomic E-state index is 13.0.